The summed E-state index contributed by atoms with van der Waals surface area (Å²) in [6.07, 6.45) is 5.18. The third-order valence-corrected chi connectivity index (χ3v) is 7.09. The zero-order valence-electron chi connectivity index (χ0n) is 14.8. The maximum absolute atomic E-state index is 12.6. The van der Waals surface area contributed by atoms with Crippen LogP contribution < -0.4 is 0 Å². The first-order valence-corrected chi connectivity index (χ1v) is 11.0. The minimum absolute atomic E-state index is 0.125. The molecule has 1 aromatic rings. The molecule has 0 bridgehead atoms. The summed E-state index contributed by atoms with van der Waals surface area (Å²) in [6.45, 7) is 3.99. The number of carbonyl (C=O) groups excluding carboxylic acids is 1. The van der Waals surface area contributed by atoms with Gasteiger partial charge in [0.15, 0.2) is 9.84 Å². The van der Waals surface area contributed by atoms with Gasteiger partial charge in [-0.05, 0) is 57.3 Å². The second kappa shape index (κ2) is 8.32. The molecule has 6 heteroatoms. The minimum atomic E-state index is -3.22. The second-order valence-corrected chi connectivity index (χ2v) is 9.24. The number of likely N-dealkylation sites (tertiary alicyclic amines) is 2. The van der Waals surface area contributed by atoms with Gasteiger partial charge in [-0.1, -0.05) is 18.2 Å². The zero-order chi connectivity index (χ0) is 17.7. The Morgan fingerprint density at radius 2 is 1.60 bits per heavy atom. The van der Waals surface area contributed by atoms with Crippen molar-refractivity contribution >= 4 is 15.7 Å². The smallest absolute Gasteiger partial charge is 0.225 e. The quantitative estimate of drug-likeness (QED) is 0.804. The van der Waals surface area contributed by atoms with E-state index in [1.807, 2.05) is 11.0 Å². The van der Waals surface area contributed by atoms with Crippen LogP contribution >= 0.6 is 0 Å². The van der Waals surface area contributed by atoms with Crippen LogP contribution in [0.5, 0.6) is 0 Å². The highest BCUT2D eigenvalue weighted by Crippen LogP contribution is 2.22. The molecule has 2 fully saturated rings. The number of nitrogens with zero attached hydrogens (tertiary/aromatic N) is 2. The van der Waals surface area contributed by atoms with Crippen LogP contribution in [0.1, 0.15) is 32.1 Å². The normalized spacial score (nSPS) is 20.6. The van der Waals surface area contributed by atoms with Gasteiger partial charge in [-0.3, -0.25) is 4.79 Å². The van der Waals surface area contributed by atoms with E-state index in [9.17, 15) is 13.2 Å². The molecule has 0 N–H and O–H groups in total. The largest absolute Gasteiger partial charge is 0.342 e. The number of hydrogen-bond donors (Lipinski definition) is 0. The summed E-state index contributed by atoms with van der Waals surface area (Å²) in [6, 6.07) is 8.63. The van der Waals surface area contributed by atoms with Crippen LogP contribution in [0, 0.1) is 5.92 Å². The number of rotatable bonds is 5. The van der Waals surface area contributed by atoms with Crippen LogP contribution in [0.15, 0.2) is 35.2 Å². The maximum Gasteiger partial charge on any atom is 0.225 e. The molecule has 0 aromatic heterocycles. The molecule has 0 atom stereocenters. The maximum atomic E-state index is 12.6. The molecule has 3 rings (SSSR count). The number of hydrogen-bond acceptors (Lipinski definition) is 4. The van der Waals surface area contributed by atoms with E-state index in [0.717, 1.165) is 51.9 Å². The van der Waals surface area contributed by atoms with Crippen molar-refractivity contribution in [3.05, 3.63) is 30.3 Å². The molecule has 0 radical (unpaired) electrons. The van der Waals surface area contributed by atoms with Gasteiger partial charge in [0.05, 0.1) is 10.6 Å². The van der Waals surface area contributed by atoms with Gasteiger partial charge < -0.3 is 9.80 Å². The average Bonchev–Trinajstić information content (AvgIpc) is 2.68. The highest BCUT2D eigenvalue weighted by atomic mass is 32.2. The molecular weight excluding hydrogens is 336 g/mol. The molecule has 2 saturated heterocycles. The molecule has 0 aliphatic carbocycles. The zero-order valence-corrected chi connectivity index (χ0v) is 15.6. The van der Waals surface area contributed by atoms with Gasteiger partial charge in [0.25, 0.3) is 0 Å². The fourth-order valence-electron chi connectivity index (χ4n) is 3.77. The molecule has 1 aromatic carbocycles. The number of amides is 1. The van der Waals surface area contributed by atoms with Crippen molar-refractivity contribution in [3.63, 3.8) is 0 Å². The summed E-state index contributed by atoms with van der Waals surface area (Å²) in [4.78, 5) is 17.2. The van der Waals surface area contributed by atoms with E-state index in [1.165, 1.54) is 6.42 Å². The van der Waals surface area contributed by atoms with Crippen molar-refractivity contribution in [3.8, 4) is 0 Å². The Bertz CT molecular complexity index is 661. The van der Waals surface area contributed by atoms with Crippen molar-refractivity contribution in [2.24, 2.45) is 5.92 Å². The Hall–Kier alpha value is -1.40. The molecule has 5 nitrogen and oxygen atoms in total. The lowest BCUT2D eigenvalue weighted by Crippen LogP contribution is -2.45. The fraction of sp³-hybridized carbons (Fsp3) is 0.632. The van der Waals surface area contributed by atoms with E-state index in [-0.39, 0.29) is 11.7 Å². The first-order valence-electron chi connectivity index (χ1n) is 9.35. The van der Waals surface area contributed by atoms with Crippen LogP contribution in [0.2, 0.25) is 0 Å². The van der Waals surface area contributed by atoms with E-state index in [2.05, 4.69) is 4.90 Å². The number of carbonyl (C=O) groups is 1. The fourth-order valence-corrected chi connectivity index (χ4v) is 5.08. The Morgan fingerprint density at radius 3 is 2.24 bits per heavy atom. The lowest BCUT2D eigenvalue weighted by atomic mass is 9.94. The molecule has 2 heterocycles. The molecule has 25 heavy (non-hydrogen) atoms. The van der Waals surface area contributed by atoms with E-state index >= 15 is 0 Å². The SMILES string of the molecule is O=C(C1CCN(CCS(=O)(=O)c2ccccc2)CC1)N1CCCCC1. The van der Waals surface area contributed by atoms with Crippen molar-refractivity contribution in [2.45, 2.75) is 37.0 Å². The molecule has 0 spiro atoms. The van der Waals surface area contributed by atoms with Crippen molar-refractivity contribution in [1.82, 2.24) is 9.80 Å². The Balaban J connectivity index is 1.45. The van der Waals surface area contributed by atoms with E-state index in [1.54, 1.807) is 24.3 Å². The Labute approximate surface area is 150 Å². The topological polar surface area (TPSA) is 57.7 Å². The van der Waals surface area contributed by atoms with Gasteiger partial charge >= 0.3 is 0 Å². The van der Waals surface area contributed by atoms with E-state index < -0.39 is 9.84 Å². The van der Waals surface area contributed by atoms with E-state index in [4.69, 9.17) is 0 Å². The molecule has 2 aliphatic rings. The third-order valence-electron chi connectivity index (χ3n) is 5.38. The summed E-state index contributed by atoms with van der Waals surface area (Å²) in [5.41, 5.74) is 0. The number of benzene rings is 1. The lowest BCUT2D eigenvalue weighted by molar-refractivity contribution is -0.138. The summed E-state index contributed by atoms with van der Waals surface area (Å²) in [7, 11) is -3.22. The Morgan fingerprint density at radius 1 is 0.960 bits per heavy atom. The highest BCUT2D eigenvalue weighted by Gasteiger charge is 2.29. The number of piperidine rings is 2. The Kier molecular flexibility index (Phi) is 6.12. The van der Waals surface area contributed by atoms with Crippen molar-refractivity contribution in [2.75, 3.05) is 38.5 Å². The van der Waals surface area contributed by atoms with Crippen LogP contribution in [0.3, 0.4) is 0 Å². The van der Waals surface area contributed by atoms with Crippen molar-refractivity contribution in [1.29, 1.82) is 0 Å². The standard InChI is InChI=1S/C19H28N2O3S/c22-19(21-11-5-2-6-12-21)17-9-13-20(14-10-17)15-16-25(23,24)18-7-3-1-4-8-18/h1,3-4,7-8,17H,2,5-6,9-16H2. The van der Waals surface area contributed by atoms with Crippen molar-refractivity contribution < 1.29 is 13.2 Å². The predicted molar refractivity (Wildman–Crippen MR) is 98.1 cm³/mol. The van der Waals surface area contributed by atoms with Gasteiger partial charge in [0.2, 0.25) is 5.91 Å². The summed E-state index contributed by atoms with van der Waals surface area (Å²) < 4.78 is 24.7. The third kappa shape index (κ3) is 4.82. The van der Waals surface area contributed by atoms with Crippen LogP contribution in [-0.4, -0.2) is 62.6 Å². The molecule has 1 amide bonds. The van der Waals surface area contributed by atoms with Gasteiger partial charge in [-0.15, -0.1) is 0 Å². The highest BCUT2D eigenvalue weighted by molar-refractivity contribution is 7.91. The van der Waals surface area contributed by atoms with E-state index in [0.29, 0.717) is 17.3 Å². The molecule has 0 unspecified atom stereocenters. The van der Waals surface area contributed by atoms with Crippen LogP contribution in [0.25, 0.3) is 0 Å². The van der Waals surface area contributed by atoms with Crippen LogP contribution in [0.4, 0.5) is 0 Å². The summed E-state index contributed by atoms with van der Waals surface area (Å²) in [5, 5.41) is 0. The first kappa shape index (κ1) is 18.4. The summed E-state index contributed by atoms with van der Waals surface area (Å²) >= 11 is 0. The van der Waals surface area contributed by atoms with Gasteiger partial charge in [0.1, 0.15) is 0 Å². The molecular formula is C19H28N2O3S. The molecule has 2 aliphatic heterocycles. The summed E-state index contributed by atoms with van der Waals surface area (Å²) in [5.74, 6) is 0.582. The number of sulfone groups is 1. The van der Waals surface area contributed by atoms with Gasteiger partial charge in [-0.2, -0.15) is 0 Å². The van der Waals surface area contributed by atoms with Gasteiger partial charge in [0, 0.05) is 25.6 Å². The predicted octanol–water partition coefficient (Wildman–Crippen LogP) is 2.18. The van der Waals surface area contributed by atoms with Gasteiger partial charge in [-0.25, -0.2) is 8.42 Å². The monoisotopic (exact) mass is 364 g/mol. The lowest BCUT2D eigenvalue weighted by Gasteiger charge is -2.35. The minimum Gasteiger partial charge on any atom is -0.342 e. The molecule has 0 saturated carbocycles. The molecule has 138 valence electrons. The average molecular weight is 365 g/mol. The second-order valence-electron chi connectivity index (χ2n) is 7.13. The van der Waals surface area contributed by atoms with Crippen LogP contribution in [-0.2, 0) is 14.6 Å². The first-order chi connectivity index (χ1) is 12.1.